The number of nitrogens with zero attached hydrogens (tertiary/aromatic N) is 3. The lowest BCUT2D eigenvalue weighted by Gasteiger charge is -2.06. The van der Waals surface area contributed by atoms with Crippen LogP contribution in [0, 0.1) is 0 Å². The number of benzene rings is 1. The van der Waals surface area contributed by atoms with Crippen LogP contribution in [0.3, 0.4) is 0 Å². The number of imidazole rings is 1. The summed E-state index contributed by atoms with van der Waals surface area (Å²) >= 11 is 6.29. The number of aromatic nitrogens is 4. The number of H-pyrrole nitrogens is 1. The number of hydrogen-bond donors (Lipinski definition) is 3. The van der Waals surface area contributed by atoms with Crippen molar-refractivity contribution < 1.29 is 9.53 Å². The SMILES string of the molecule is COC(=O)Nc1ccc(-c2nc([C@@H](N)Cc3ccn(C)n3)[nH]c2Cl)cc1. The molecule has 0 bridgehead atoms. The van der Waals surface area contributed by atoms with Gasteiger partial charge in [0.1, 0.15) is 16.7 Å². The van der Waals surface area contributed by atoms with Crippen molar-refractivity contribution in [3.63, 3.8) is 0 Å². The minimum atomic E-state index is -0.529. The molecule has 1 aromatic carbocycles. The van der Waals surface area contributed by atoms with Crippen molar-refractivity contribution >= 4 is 23.4 Å². The molecule has 0 aliphatic rings. The minimum absolute atomic E-state index is 0.351. The zero-order valence-electron chi connectivity index (χ0n) is 14.4. The summed E-state index contributed by atoms with van der Waals surface area (Å²) in [5, 5.41) is 7.32. The first-order valence-corrected chi connectivity index (χ1v) is 8.29. The lowest BCUT2D eigenvalue weighted by molar-refractivity contribution is 0.187. The smallest absolute Gasteiger partial charge is 0.411 e. The lowest BCUT2D eigenvalue weighted by Crippen LogP contribution is -2.15. The number of halogens is 1. The minimum Gasteiger partial charge on any atom is -0.453 e. The molecule has 26 heavy (non-hydrogen) atoms. The van der Waals surface area contributed by atoms with Crippen LogP contribution in [-0.4, -0.2) is 33.0 Å². The predicted molar refractivity (Wildman–Crippen MR) is 98.9 cm³/mol. The molecule has 0 saturated heterocycles. The monoisotopic (exact) mass is 374 g/mol. The van der Waals surface area contributed by atoms with Crippen LogP contribution in [0.15, 0.2) is 36.5 Å². The van der Waals surface area contributed by atoms with E-state index in [2.05, 4.69) is 25.1 Å². The quantitative estimate of drug-likeness (QED) is 0.635. The van der Waals surface area contributed by atoms with Crippen LogP contribution >= 0.6 is 11.6 Å². The van der Waals surface area contributed by atoms with Crippen molar-refractivity contribution in [2.45, 2.75) is 12.5 Å². The van der Waals surface area contributed by atoms with Crippen LogP contribution in [0.5, 0.6) is 0 Å². The molecule has 1 atom stereocenters. The van der Waals surface area contributed by atoms with Gasteiger partial charge in [-0.15, -0.1) is 0 Å². The number of carbonyl (C=O) groups is 1. The fourth-order valence-electron chi connectivity index (χ4n) is 2.51. The highest BCUT2D eigenvalue weighted by atomic mass is 35.5. The van der Waals surface area contributed by atoms with E-state index in [1.807, 2.05) is 19.3 Å². The molecule has 0 unspecified atom stereocenters. The molecule has 0 radical (unpaired) electrons. The topological polar surface area (TPSA) is 111 Å². The average molecular weight is 375 g/mol. The number of carbonyl (C=O) groups excluding carboxylic acids is 1. The first-order chi connectivity index (χ1) is 12.5. The summed E-state index contributed by atoms with van der Waals surface area (Å²) < 4.78 is 6.29. The molecule has 0 aliphatic carbocycles. The van der Waals surface area contributed by atoms with Crippen LogP contribution < -0.4 is 11.1 Å². The molecule has 2 aromatic heterocycles. The van der Waals surface area contributed by atoms with Gasteiger partial charge in [-0.1, -0.05) is 23.7 Å². The van der Waals surface area contributed by atoms with Gasteiger partial charge >= 0.3 is 6.09 Å². The van der Waals surface area contributed by atoms with E-state index < -0.39 is 6.09 Å². The van der Waals surface area contributed by atoms with E-state index in [9.17, 15) is 4.79 Å². The molecule has 0 aliphatic heterocycles. The first kappa shape index (κ1) is 18.0. The van der Waals surface area contributed by atoms with Crippen molar-refractivity contribution in [2.24, 2.45) is 12.8 Å². The van der Waals surface area contributed by atoms with Gasteiger partial charge in [0.2, 0.25) is 0 Å². The number of nitrogens with two attached hydrogens (primary N) is 1. The molecule has 0 saturated carbocycles. The van der Waals surface area contributed by atoms with E-state index in [0.29, 0.717) is 28.8 Å². The third-order valence-electron chi connectivity index (χ3n) is 3.82. The Hall–Kier alpha value is -2.84. The standard InChI is InChI=1S/C17H19ClN6O2/c1-24-8-7-12(23-24)9-13(19)16-21-14(15(18)22-16)10-3-5-11(6-4-10)20-17(25)26-2/h3-8,13H,9,19H2,1-2H3,(H,20,25)(H,21,22)/t13-/m0/s1. The number of rotatable bonds is 5. The van der Waals surface area contributed by atoms with E-state index in [1.54, 1.807) is 28.9 Å². The molecule has 0 fully saturated rings. The zero-order chi connectivity index (χ0) is 18.7. The lowest BCUT2D eigenvalue weighted by atomic mass is 10.1. The summed E-state index contributed by atoms with van der Waals surface area (Å²) in [7, 11) is 3.17. The maximum absolute atomic E-state index is 11.2. The fourth-order valence-corrected chi connectivity index (χ4v) is 2.76. The Bertz CT molecular complexity index is 902. The number of nitrogens with one attached hydrogen (secondary N) is 2. The number of anilines is 1. The van der Waals surface area contributed by atoms with Crippen LogP contribution in [0.1, 0.15) is 17.6 Å². The number of aryl methyl sites for hydroxylation is 1. The molecule has 136 valence electrons. The van der Waals surface area contributed by atoms with Crippen molar-refractivity contribution in [2.75, 3.05) is 12.4 Å². The summed E-state index contributed by atoms with van der Waals surface area (Å²) in [6.45, 7) is 0. The molecule has 8 nitrogen and oxygen atoms in total. The Balaban J connectivity index is 1.76. The normalized spacial score (nSPS) is 12.0. The summed E-state index contributed by atoms with van der Waals surface area (Å²) in [6.07, 6.45) is 1.89. The summed E-state index contributed by atoms with van der Waals surface area (Å²) in [6, 6.07) is 8.66. The molecule has 2 heterocycles. The maximum atomic E-state index is 11.2. The fraction of sp³-hybridized carbons (Fsp3) is 0.235. The summed E-state index contributed by atoms with van der Waals surface area (Å²) in [5.74, 6) is 0.590. The van der Waals surface area contributed by atoms with Crippen LogP contribution in [0.4, 0.5) is 10.5 Å². The highest BCUT2D eigenvalue weighted by Gasteiger charge is 2.17. The zero-order valence-corrected chi connectivity index (χ0v) is 15.1. The predicted octanol–water partition coefficient (Wildman–Crippen LogP) is 2.88. The largest absolute Gasteiger partial charge is 0.453 e. The maximum Gasteiger partial charge on any atom is 0.411 e. The van der Waals surface area contributed by atoms with Crippen LogP contribution in [0.25, 0.3) is 11.3 Å². The van der Waals surface area contributed by atoms with Crippen molar-refractivity contribution in [3.05, 3.63) is 53.2 Å². The molecule has 3 rings (SSSR count). The van der Waals surface area contributed by atoms with E-state index in [4.69, 9.17) is 17.3 Å². The summed E-state index contributed by atoms with van der Waals surface area (Å²) in [4.78, 5) is 18.8. The first-order valence-electron chi connectivity index (χ1n) is 7.91. The Kier molecular flexibility index (Phi) is 5.24. The van der Waals surface area contributed by atoms with Gasteiger partial charge in [0, 0.05) is 30.9 Å². The Morgan fingerprint density at radius 1 is 1.38 bits per heavy atom. The van der Waals surface area contributed by atoms with E-state index in [0.717, 1.165) is 11.3 Å². The van der Waals surface area contributed by atoms with Gasteiger partial charge in [0.05, 0.1) is 18.8 Å². The van der Waals surface area contributed by atoms with Gasteiger partial charge in [-0.05, 0) is 18.2 Å². The van der Waals surface area contributed by atoms with Gasteiger partial charge in [-0.25, -0.2) is 9.78 Å². The Labute approximate surface area is 155 Å². The van der Waals surface area contributed by atoms with Gasteiger partial charge < -0.3 is 15.5 Å². The third-order valence-corrected chi connectivity index (χ3v) is 4.09. The molecule has 4 N–H and O–H groups in total. The third kappa shape index (κ3) is 4.04. The molecular weight excluding hydrogens is 356 g/mol. The van der Waals surface area contributed by atoms with E-state index in [1.165, 1.54) is 7.11 Å². The van der Waals surface area contributed by atoms with Crippen LogP contribution in [0.2, 0.25) is 5.15 Å². The molecular formula is C17H19ClN6O2. The van der Waals surface area contributed by atoms with Crippen molar-refractivity contribution in [1.82, 2.24) is 19.7 Å². The molecule has 1 amide bonds. The van der Waals surface area contributed by atoms with E-state index in [-0.39, 0.29) is 6.04 Å². The number of methoxy groups -OCH3 is 1. The van der Waals surface area contributed by atoms with Gasteiger partial charge in [-0.3, -0.25) is 10.00 Å². The van der Waals surface area contributed by atoms with Gasteiger partial charge in [0.25, 0.3) is 0 Å². The molecule has 3 aromatic rings. The molecule has 0 spiro atoms. The molecule has 9 heteroatoms. The van der Waals surface area contributed by atoms with E-state index >= 15 is 0 Å². The second-order valence-electron chi connectivity index (χ2n) is 5.77. The van der Waals surface area contributed by atoms with Gasteiger partial charge in [0.15, 0.2) is 0 Å². The highest BCUT2D eigenvalue weighted by molar-refractivity contribution is 6.31. The summed E-state index contributed by atoms with van der Waals surface area (Å²) in [5.41, 5.74) is 9.12. The van der Waals surface area contributed by atoms with Gasteiger partial charge in [-0.2, -0.15) is 5.10 Å². The second-order valence-corrected chi connectivity index (χ2v) is 6.15. The number of amides is 1. The van der Waals surface area contributed by atoms with Crippen LogP contribution in [-0.2, 0) is 18.2 Å². The van der Waals surface area contributed by atoms with Crippen molar-refractivity contribution in [1.29, 1.82) is 0 Å². The highest BCUT2D eigenvalue weighted by Crippen LogP contribution is 2.28. The number of hydrogen-bond acceptors (Lipinski definition) is 5. The Morgan fingerprint density at radius 3 is 2.73 bits per heavy atom. The van der Waals surface area contributed by atoms with Crippen molar-refractivity contribution in [3.8, 4) is 11.3 Å². The number of aromatic amines is 1. The number of ether oxygens (including phenoxy) is 1. The Morgan fingerprint density at radius 2 is 2.12 bits per heavy atom. The average Bonchev–Trinajstić information content (AvgIpc) is 3.21. The second kappa shape index (κ2) is 7.59.